The minimum Gasteiger partial charge on any atom is -0.356 e. The first kappa shape index (κ1) is 13.3. The van der Waals surface area contributed by atoms with Crippen molar-refractivity contribution in [2.75, 3.05) is 13.1 Å². The second kappa shape index (κ2) is 5.69. The Morgan fingerprint density at radius 3 is 2.89 bits per heavy atom. The molecule has 102 valence electrons. The van der Waals surface area contributed by atoms with Gasteiger partial charge in [-0.15, -0.1) is 0 Å². The van der Waals surface area contributed by atoms with Crippen LogP contribution in [0.5, 0.6) is 0 Å². The lowest BCUT2D eigenvalue weighted by Crippen LogP contribution is -2.54. The SMILES string of the molecule is CC(N)C1CCCCN1C(=O)C1CCNC(=O)C1. The van der Waals surface area contributed by atoms with Gasteiger partial charge in [0.15, 0.2) is 0 Å². The molecule has 0 aliphatic carbocycles. The van der Waals surface area contributed by atoms with E-state index in [0.29, 0.717) is 13.0 Å². The van der Waals surface area contributed by atoms with Crippen molar-refractivity contribution in [2.24, 2.45) is 11.7 Å². The molecule has 2 fully saturated rings. The number of nitrogens with two attached hydrogens (primary N) is 1. The predicted molar refractivity (Wildman–Crippen MR) is 68.7 cm³/mol. The van der Waals surface area contributed by atoms with Crippen LogP contribution in [0.15, 0.2) is 0 Å². The summed E-state index contributed by atoms with van der Waals surface area (Å²) >= 11 is 0. The molecule has 0 spiro atoms. The average Bonchev–Trinajstić information content (AvgIpc) is 2.38. The smallest absolute Gasteiger partial charge is 0.226 e. The van der Waals surface area contributed by atoms with Crippen molar-refractivity contribution in [3.63, 3.8) is 0 Å². The lowest BCUT2D eigenvalue weighted by atomic mass is 9.91. The monoisotopic (exact) mass is 253 g/mol. The standard InChI is InChI=1S/C13H23N3O2/c1-9(14)11-4-2-3-7-16(11)13(18)10-5-6-15-12(17)8-10/h9-11H,2-8,14H2,1H3,(H,15,17). The van der Waals surface area contributed by atoms with E-state index in [0.717, 1.165) is 32.2 Å². The molecule has 2 aliphatic heterocycles. The van der Waals surface area contributed by atoms with E-state index in [9.17, 15) is 9.59 Å². The van der Waals surface area contributed by atoms with Crippen LogP contribution in [0.3, 0.4) is 0 Å². The van der Waals surface area contributed by atoms with E-state index in [4.69, 9.17) is 5.73 Å². The molecule has 3 unspecified atom stereocenters. The normalized spacial score (nSPS) is 30.8. The van der Waals surface area contributed by atoms with E-state index in [1.165, 1.54) is 0 Å². The molecule has 3 N–H and O–H groups in total. The van der Waals surface area contributed by atoms with Gasteiger partial charge in [-0.3, -0.25) is 9.59 Å². The molecule has 0 aromatic carbocycles. The van der Waals surface area contributed by atoms with Crippen LogP contribution in [-0.2, 0) is 9.59 Å². The van der Waals surface area contributed by atoms with Gasteiger partial charge in [0, 0.05) is 37.5 Å². The summed E-state index contributed by atoms with van der Waals surface area (Å²) in [6.07, 6.45) is 4.27. The van der Waals surface area contributed by atoms with E-state index < -0.39 is 0 Å². The number of likely N-dealkylation sites (tertiary alicyclic amines) is 1. The summed E-state index contributed by atoms with van der Waals surface area (Å²) in [6.45, 7) is 3.37. The van der Waals surface area contributed by atoms with Crippen molar-refractivity contribution in [3.8, 4) is 0 Å². The minimum absolute atomic E-state index is 0.00560. The van der Waals surface area contributed by atoms with Gasteiger partial charge in [0.05, 0.1) is 0 Å². The van der Waals surface area contributed by atoms with Crippen LogP contribution in [0.25, 0.3) is 0 Å². The molecule has 18 heavy (non-hydrogen) atoms. The van der Waals surface area contributed by atoms with Gasteiger partial charge in [0.25, 0.3) is 0 Å². The van der Waals surface area contributed by atoms with Crippen molar-refractivity contribution in [1.29, 1.82) is 0 Å². The van der Waals surface area contributed by atoms with Gasteiger partial charge in [0.2, 0.25) is 11.8 Å². The molecule has 2 amide bonds. The second-order valence-electron chi connectivity index (χ2n) is 5.49. The molecule has 0 aromatic rings. The van der Waals surface area contributed by atoms with Crippen LogP contribution < -0.4 is 11.1 Å². The molecule has 2 heterocycles. The first-order valence-corrected chi connectivity index (χ1v) is 6.92. The molecular weight excluding hydrogens is 230 g/mol. The number of hydrogen-bond acceptors (Lipinski definition) is 3. The molecule has 5 nitrogen and oxygen atoms in total. The van der Waals surface area contributed by atoms with Gasteiger partial charge in [-0.05, 0) is 32.6 Å². The van der Waals surface area contributed by atoms with Crippen molar-refractivity contribution in [1.82, 2.24) is 10.2 Å². The van der Waals surface area contributed by atoms with Crippen molar-refractivity contribution >= 4 is 11.8 Å². The Morgan fingerprint density at radius 2 is 2.22 bits per heavy atom. The summed E-state index contributed by atoms with van der Waals surface area (Å²) in [7, 11) is 0. The Bertz CT molecular complexity index is 330. The first-order chi connectivity index (χ1) is 8.59. The van der Waals surface area contributed by atoms with Gasteiger partial charge in [-0.1, -0.05) is 0 Å². The van der Waals surface area contributed by atoms with Gasteiger partial charge < -0.3 is 16.0 Å². The topological polar surface area (TPSA) is 75.4 Å². The van der Waals surface area contributed by atoms with Crippen LogP contribution in [0, 0.1) is 5.92 Å². The molecule has 0 saturated carbocycles. The first-order valence-electron chi connectivity index (χ1n) is 6.92. The second-order valence-corrected chi connectivity index (χ2v) is 5.49. The lowest BCUT2D eigenvalue weighted by Gasteiger charge is -2.40. The van der Waals surface area contributed by atoms with Crippen molar-refractivity contribution in [3.05, 3.63) is 0 Å². The number of piperidine rings is 2. The highest BCUT2D eigenvalue weighted by Gasteiger charge is 2.35. The third-order valence-corrected chi connectivity index (χ3v) is 4.04. The van der Waals surface area contributed by atoms with E-state index in [-0.39, 0.29) is 29.8 Å². The van der Waals surface area contributed by atoms with Crippen molar-refractivity contribution in [2.45, 2.75) is 51.1 Å². The fourth-order valence-corrected chi connectivity index (χ4v) is 3.01. The van der Waals surface area contributed by atoms with Gasteiger partial charge in [-0.25, -0.2) is 0 Å². The molecule has 2 saturated heterocycles. The molecule has 3 atom stereocenters. The summed E-state index contributed by atoms with van der Waals surface area (Å²) in [5.74, 6) is -0.0149. The lowest BCUT2D eigenvalue weighted by molar-refractivity contribution is -0.143. The highest BCUT2D eigenvalue weighted by Crippen LogP contribution is 2.24. The fourth-order valence-electron chi connectivity index (χ4n) is 3.01. The van der Waals surface area contributed by atoms with Crippen LogP contribution >= 0.6 is 0 Å². The molecule has 2 aliphatic rings. The third-order valence-electron chi connectivity index (χ3n) is 4.04. The van der Waals surface area contributed by atoms with Crippen LogP contribution in [-0.4, -0.2) is 41.9 Å². The number of amides is 2. The third kappa shape index (κ3) is 2.83. The molecule has 0 radical (unpaired) electrons. The van der Waals surface area contributed by atoms with E-state index >= 15 is 0 Å². The predicted octanol–water partition coefficient (Wildman–Crippen LogP) is 0.241. The molecular formula is C13H23N3O2. The Balaban J connectivity index is 2.03. The molecule has 0 bridgehead atoms. The summed E-state index contributed by atoms with van der Waals surface area (Å²) < 4.78 is 0. The summed E-state index contributed by atoms with van der Waals surface area (Å²) in [4.78, 5) is 25.8. The summed E-state index contributed by atoms with van der Waals surface area (Å²) in [5, 5.41) is 2.77. The van der Waals surface area contributed by atoms with Gasteiger partial charge in [0.1, 0.15) is 0 Å². The highest BCUT2D eigenvalue weighted by molar-refractivity contribution is 5.87. The molecule has 0 aromatic heterocycles. The highest BCUT2D eigenvalue weighted by atomic mass is 16.2. The summed E-state index contributed by atoms with van der Waals surface area (Å²) in [5.41, 5.74) is 5.98. The largest absolute Gasteiger partial charge is 0.356 e. The Morgan fingerprint density at radius 1 is 1.44 bits per heavy atom. The number of hydrogen-bond donors (Lipinski definition) is 2. The molecule has 5 heteroatoms. The van der Waals surface area contributed by atoms with E-state index in [1.54, 1.807) is 0 Å². The number of nitrogens with zero attached hydrogens (tertiary/aromatic N) is 1. The maximum Gasteiger partial charge on any atom is 0.226 e. The number of carbonyl (C=O) groups excluding carboxylic acids is 2. The maximum absolute atomic E-state index is 12.5. The zero-order valence-electron chi connectivity index (χ0n) is 11.0. The number of rotatable bonds is 2. The average molecular weight is 253 g/mol. The van der Waals surface area contributed by atoms with Gasteiger partial charge in [-0.2, -0.15) is 0 Å². The van der Waals surface area contributed by atoms with E-state index in [2.05, 4.69) is 5.32 Å². The maximum atomic E-state index is 12.5. The Hall–Kier alpha value is -1.10. The van der Waals surface area contributed by atoms with Crippen molar-refractivity contribution < 1.29 is 9.59 Å². The van der Waals surface area contributed by atoms with Crippen LogP contribution in [0.2, 0.25) is 0 Å². The van der Waals surface area contributed by atoms with Gasteiger partial charge >= 0.3 is 0 Å². The van der Waals surface area contributed by atoms with Crippen LogP contribution in [0.4, 0.5) is 0 Å². The fraction of sp³-hybridized carbons (Fsp3) is 0.846. The Labute approximate surface area is 108 Å². The van der Waals surface area contributed by atoms with Crippen LogP contribution in [0.1, 0.15) is 39.0 Å². The quantitative estimate of drug-likeness (QED) is 0.740. The summed E-state index contributed by atoms with van der Waals surface area (Å²) in [6, 6.07) is 0.155. The minimum atomic E-state index is -0.141. The molecule has 2 rings (SSSR count). The van der Waals surface area contributed by atoms with E-state index in [1.807, 2.05) is 11.8 Å². The Kier molecular flexibility index (Phi) is 4.22. The zero-order valence-corrected chi connectivity index (χ0v) is 11.0. The zero-order chi connectivity index (χ0) is 13.1. The number of nitrogens with one attached hydrogen (secondary N) is 1. The number of carbonyl (C=O) groups is 2.